The first-order valence-corrected chi connectivity index (χ1v) is 5.61. The predicted molar refractivity (Wildman–Crippen MR) is 62.8 cm³/mol. The number of hydrogen-bond donors (Lipinski definition) is 3. The first-order chi connectivity index (χ1) is 7.78. The maximum atomic E-state index is 5.40. The minimum Gasteiger partial charge on any atom is -0.469 e. The van der Waals surface area contributed by atoms with Crippen LogP contribution in [0.3, 0.4) is 0 Å². The van der Waals surface area contributed by atoms with Crippen molar-refractivity contribution in [3.8, 4) is 0 Å². The molecule has 0 saturated heterocycles. The Morgan fingerprint density at radius 2 is 2.50 bits per heavy atom. The molecule has 1 aliphatic carbocycles. The van der Waals surface area contributed by atoms with Crippen LogP contribution in [0, 0.1) is 0 Å². The van der Waals surface area contributed by atoms with Gasteiger partial charge in [-0.2, -0.15) is 0 Å². The molecule has 5 nitrogen and oxygen atoms in total. The molecule has 0 aromatic carbocycles. The molecule has 1 saturated carbocycles. The van der Waals surface area contributed by atoms with Crippen LogP contribution in [0.1, 0.15) is 25.5 Å². The SMILES string of the molecule is CC(Cc1ccco1)NC(=NC1CC1)NN. The molecule has 1 aromatic heterocycles. The summed E-state index contributed by atoms with van der Waals surface area (Å²) in [6.45, 7) is 2.07. The lowest BCUT2D eigenvalue weighted by Crippen LogP contribution is -2.46. The van der Waals surface area contributed by atoms with E-state index in [1.807, 2.05) is 12.1 Å². The molecule has 1 unspecified atom stereocenters. The second-order valence-electron chi connectivity index (χ2n) is 4.18. The molecule has 0 amide bonds. The maximum absolute atomic E-state index is 5.40. The molecular weight excluding hydrogens is 204 g/mol. The van der Waals surface area contributed by atoms with Crippen molar-refractivity contribution in [1.29, 1.82) is 0 Å². The number of guanidine groups is 1. The van der Waals surface area contributed by atoms with Crippen LogP contribution in [0.25, 0.3) is 0 Å². The number of nitrogens with zero attached hydrogens (tertiary/aromatic N) is 1. The number of furan rings is 1. The largest absolute Gasteiger partial charge is 0.469 e. The van der Waals surface area contributed by atoms with Gasteiger partial charge >= 0.3 is 0 Å². The van der Waals surface area contributed by atoms with Crippen LogP contribution < -0.4 is 16.6 Å². The summed E-state index contributed by atoms with van der Waals surface area (Å²) in [5, 5.41) is 3.23. The van der Waals surface area contributed by atoms with Gasteiger partial charge in [0.05, 0.1) is 12.3 Å². The summed E-state index contributed by atoms with van der Waals surface area (Å²) in [4.78, 5) is 4.41. The number of rotatable bonds is 4. The van der Waals surface area contributed by atoms with Crippen molar-refractivity contribution in [3.05, 3.63) is 24.2 Å². The van der Waals surface area contributed by atoms with Gasteiger partial charge in [-0.15, -0.1) is 0 Å². The Morgan fingerprint density at radius 3 is 3.06 bits per heavy atom. The average molecular weight is 222 g/mol. The highest BCUT2D eigenvalue weighted by molar-refractivity contribution is 5.79. The van der Waals surface area contributed by atoms with Crippen LogP contribution in [0.15, 0.2) is 27.8 Å². The molecule has 5 heteroatoms. The van der Waals surface area contributed by atoms with E-state index in [9.17, 15) is 0 Å². The highest BCUT2D eigenvalue weighted by Crippen LogP contribution is 2.23. The zero-order valence-electron chi connectivity index (χ0n) is 9.44. The maximum Gasteiger partial charge on any atom is 0.206 e. The Kier molecular flexibility index (Phi) is 3.46. The fourth-order valence-corrected chi connectivity index (χ4v) is 1.52. The Bertz CT molecular complexity index is 343. The second-order valence-corrected chi connectivity index (χ2v) is 4.18. The molecule has 0 spiro atoms. The highest BCUT2D eigenvalue weighted by Gasteiger charge is 2.21. The van der Waals surface area contributed by atoms with Crippen molar-refractivity contribution in [2.45, 2.75) is 38.3 Å². The first kappa shape index (κ1) is 11.0. The lowest BCUT2D eigenvalue weighted by molar-refractivity contribution is 0.480. The van der Waals surface area contributed by atoms with Gasteiger partial charge < -0.3 is 9.73 Å². The number of nitrogens with one attached hydrogen (secondary N) is 2. The third-order valence-electron chi connectivity index (χ3n) is 2.47. The zero-order chi connectivity index (χ0) is 11.4. The Balaban J connectivity index is 1.82. The number of aliphatic imine (C=N–C) groups is 1. The van der Waals surface area contributed by atoms with Gasteiger partial charge in [0.15, 0.2) is 0 Å². The van der Waals surface area contributed by atoms with E-state index in [0.717, 1.165) is 12.2 Å². The van der Waals surface area contributed by atoms with Gasteiger partial charge in [-0.05, 0) is 31.9 Å². The van der Waals surface area contributed by atoms with Crippen molar-refractivity contribution < 1.29 is 4.42 Å². The molecule has 0 radical (unpaired) electrons. The summed E-state index contributed by atoms with van der Waals surface area (Å²) >= 11 is 0. The number of hydrogen-bond acceptors (Lipinski definition) is 3. The molecule has 4 N–H and O–H groups in total. The number of hydrazine groups is 1. The molecule has 1 heterocycles. The monoisotopic (exact) mass is 222 g/mol. The summed E-state index contributed by atoms with van der Waals surface area (Å²) in [5.41, 5.74) is 2.59. The summed E-state index contributed by atoms with van der Waals surface area (Å²) in [5.74, 6) is 7.03. The minimum absolute atomic E-state index is 0.236. The normalized spacial score (nSPS) is 18.2. The van der Waals surface area contributed by atoms with Gasteiger partial charge in [0.25, 0.3) is 0 Å². The van der Waals surface area contributed by atoms with Crippen LogP contribution in [0.4, 0.5) is 0 Å². The molecule has 1 aliphatic rings. The summed E-state index contributed by atoms with van der Waals surface area (Å²) in [6, 6.07) is 4.54. The van der Waals surface area contributed by atoms with Gasteiger partial charge in [-0.1, -0.05) is 0 Å². The van der Waals surface area contributed by atoms with Crippen molar-refractivity contribution in [2.75, 3.05) is 0 Å². The van der Waals surface area contributed by atoms with Crippen molar-refractivity contribution >= 4 is 5.96 Å². The van der Waals surface area contributed by atoms with Crippen molar-refractivity contribution in [2.24, 2.45) is 10.8 Å². The summed E-state index contributed by atoms with van der Waals surface area (Å²) < 4.78 is 5.28. The number of nitrogens with two attached hydrogens (primary N) is 1. The van der Waals surface area contributed by atoms with Gasteiger partial charge in [0.1, 0.15) is 5.76 Å². The molecule has 1 fully saturated rings. The van der Waals surface area contributed by atoms with Crippen LogP contribution >= 0.6 is 0 Å². The fourth-order valence-electron chi connectivity index (χ4n) is 1.52. The van der Waals surface area contributed by atoms with Gasteiger partial charge in [0.2, 0.25) is 5.96 Å². The lowest BCUT2D eigenvalue weighted by Gasteiger charge is -2.15. The van der Waals surface area contributed by atoms with E-state index in [2.05, 4.69) is 22.7 Å². The van der Waals surface area contributed by atoms with E-state index in [1.54, 1.807) is 6.26 Å². The topological polar surface area (TPSA) is 75.6 Å². The van der Waals surface area contributed by atoms with Gasteiger partial charge in [-0.3, -0.25) is 5.43 Å². The molecule has 88 valence electrons. The lowest BCUT2D eigenvalue weighted by atomic mass is 10.2. The highest BCUT2D eigenvalue weighted by atomic mass is 16.3. The Morgan fingerprint density at radius 1 is 1.69 bits per heavy atom. The van der Waals surface area contributed by atoms with E-state index in [4.69, 9.17) is 10.3 Å². The smallest absolute Gasteiger partial charge is 0.206 e. The van der Waals surface area contributed by atoms with E-state index >= 15 is 0 Å². The molecule has 2 rings (SSSR count). The average Bonchev–Trinajstić information content (AvgIpc) is 2.93. The van der Waals surface area contributed by atoms with Crippen molar-refractivity contribution in [3.63, 3.8) is 0 Å². The molecule has 1 atom stereocenters. The molecule has 1 aromatic rings. The van der Waals surface area contributed by atoms with Gasteiger partial charge in [0, 0.05) is 12.5 Å². The Labute approximate surface area is 95.1 Å². The van der Waals surface area contributed by atoms with Crippen LogP contribution in [0.2, 0.25) is 0 Å². The van der Waals surface area contributed by atoms with Crippen LogP contribution in [-0.2, 0) is 6.42 Å². The van der Waals surface area contributed by atoms with Crippen molar-refractivity contribution in [1.82, 2.24) is 10.7 Å². The van der Waals surface area contributed by atoms with Crippen LogP contribution in [-0.4, -0.2) is 18.0 Å². The second kappa shape index (κ2) is 5.03. The van der Waals surface area contributed by atoms with E-state index < -0.39 is 0 Å². The quantitative estimate of drug-likeness (QED) is 0.304. The minimum atomic E-state index is 0.236. The standard InChI is InChI=1S/C11H18N4O/c1-8(7-10-3-2-6-16-10)13-11(15-12)14-9-4-5-9/h2-3,6,8-9H,4-5,7,12H2,1H3,(H2,13,14,15). The van der Waals surface area contributed by atoms with E-state index in [1.165, 1.54) is 12.8 Å². The van der Waals surface area contributed by atoms with Crippen LogP contribution in [0.5, 0.6) is 0 Å². The van der Waals surface area contributed by atoms with Gasteiger partial charge in [-0.25, -0.2) is 10.8 Å². The van der Waals surface area contributed by atoms with E-state index in [0.29, 0.717) is 12.0 Å². The molecule has 16 heavy (non-hydrogen) atoms. The first-order valence-electron chi connectivity index (χ1n) is 5.61. The zero-order valence-corrected chi connectivity index (χ0v) is 9.44. The Hall–Kier alpha value is -1.49. The van der Waals surface area contributed by atoms with E-state index in [-0.39, 0.29) is 6.04 Å². The molecular formula is C11H18N4O. The third-order valence-corrected chi connectivity index (χ3v) is 2.47. The fraction of sp³-hybridized carbons (Fsp3) is 0.545. The predicted octanol–water partition coefficient (Wildman–Crippen LogP) is 0.782. The molecule has 0 aliphatic heterocycles. The molecule has 0 bridgehead atoms. The summed E-state index contributed by atoms with van der Waals surface area (Å²) in [7, 11) is 0. The summed E-state index contributed by atoms with van der Waals surface area (Å²) in [6.07, 6.45) is 4.83. The third kappa shape index (κ3) is 3.27.